The van der Waals surface area contributed by atoms with Crippen molar-refractivity contribution in [3.63, 3.8) is 0 Å². The lowest BCUT2D eigenvalue weighted by Crippen LogP contribution is -2.34. The lowest BCUT2D eigenvalue weighted by molar-refractivity contribution is -0.123. The van der Waals surface area contributed by atoms with E-state index in [-0.39, 0.29) is 36.5 Å². The fraction of sp³-hybridized carbons (Fsp3) is 0.366. The molecule has 4 rings (SSSR count). The number of hydrogen-bond donors (Lipinski definition) is 4. The number of phenols is 2. The largest absolute Gasteiger partial charge is 0.507 e. The highest BCUT2D eigenvalue weighted by molar-refractivity contribution is 5.78. The van der Waals surface area contributed by atoms with E-state index in [0.717, 1.165) is 34.4 Å². The second-order valence-corrected chi connectivity index (χ2v) is 13.1. The number of phenolic OH excluding ortho intramolecular Hbond substituents is 2. The maximum absolute atomic E-state index is 12.8. The molecule has 0 atom stereocenters. The molecule has 4 N–H and O–H groups in total. The Morgan fingerprint density at radius 2 is 0.980 bits per heavy atom. The second kappa shape index (κ2) is 19.4. The zero-order chi connectivity index (χ0) is 36.8. The van der Waals surface area contributed by atoms with Crippen LogP contribution >= 0.6 is 0 Å². The van der Waals surface area contributed by atoms with Gasteiger partial charge in [0, 0.05) is 45.4 Å². The van der Waals surface area contributed by atoms with Crippen molar-refractivity contribution in [1.82, 2.24) is 20.4 Å². The van der Waals surface area contributed by atoms with Crippen molar-refractivity contribution in [1.29, 1.82) is 0 Å². The van der Waals surface area contributed by atoms with Crippen LogP contribution in [0.4, 0.5) is 0 Å². The Hall–Kier alpha value is -5.06. The normalized spacial score (nSPS) is 11.1. The van der Waals surface area contributed by atoms with Crippen LogP contribution in [-0.4, -0.2) is 99.4 Å². The van der Waals surface area contributed by atoms with Gasteiger partial charge in [0.05, 0.1) is 0 Å². The monoisotopic (exact) mass is 696 g/mol. The first kappa shape index (κ1) is 38.7. The van der Waals surface area contributed by atoms with Crippen molar-refractivity contribution in [2.24, 2.45) is 0 Å². The minimum absolute atomic E-state index is 0.107. The van der Waals surface area contributed by atoms with E-state index in [2.05, 4.69) is 10.6 Å². The lowest BCUT2D eigenvalue weighted by atomic mass is 9.94. The third kappa shape index (κ3) is 11.8. The molecule has 0 aliphatic heterocycles. The van der Waals surface area contributed by atoms with Crippen molar-refractivity contribution in [3.05, 3.63) is 118 Å². The van der Waals surface area contributed by atoms with Crippen LogP contribution in [0, 0.1) is 0 Å². The lowest BCUT2D eigenvalue weighted by Gasteiger charge is -2.18. The highest BCUT2D eigenvalue weighted by Gasteiger charge is 2.18. The highest BCUT2D eigenvalue weighted by Crippen LogP contribution is 2.35. The van der Waals surface area contributed by atoms with Gasteiger partial charge in [-0.25, -0.2) is 0 Å². The Bertz CT molecular complexity index is 1760. The Morgan fingerprint density at radius 3 is 1.49 bits per heavy atom. The van der Waals surface area contributed by atoms with Crippen LogP contribution in [0.1, 0.15) is 45.9 Å². The van der Waals surface area contributed by atoms with E-state index in [1.807, 2.05) is 124 Å². The van der Waals surface area contributed by atoms with Crippen LogP contribution in [-0.2, 0) is 35.3 Å². The number of para-hydroxylation sites is 4. The van der Waals surface area contributed by atoms with Crippen LogP contribution in [0.25, 0.3) is 0 Å². The first-order valence-electron chi connectivity index (χ1n) is 17.4. The van der Waals surface area contributed by atoms with Gasteiger partial charge in [-0.1, -0.05) is 79.7 Å². The second-order valence-electron chi connectivity index (χ2n) is 13.1. The SMILES string of the molecule is CCc1cccc(Cc2cccc(Cc3cccc(Cc4ccccc4OCC(=O)NCCN(C)C)c3O)c2OCC(=O)NCCN(C)C)c1O. The van der Waals surface area contributed by atoms with E-state index in [0.29, 0.717) is 67.9 Å². The fourth-order valence-electron chi connectivity index (χ4n) is 5.73. The number of hydrogen-bond acceptors (Lipinski definition) is 8. The maximum Gasteiger partial charge on any atom is 0.257 e. The quantitative estimate of drug-likeness (QED) is 0.113. The van der Waals surface area contributed by atoms with Gasteiger partial charge in [0.25, 0.3) is 11.8 Å². The molecule has 0 heterocycles. The molecule has 4 aromatic rings. The summed E-state index contributed by atoms with van der Waals surface area (Å²) in [4.78, 5) is 29.1. The number of nitrogens with one attached hydrogen (secondary N) is 2. The number of likely N-dealkylation sites (N-methyl/N-ethyl adjacent to an activating group) is 2. The molecule has 0 saturated heterocycles. The summed E-state index contributed by atoms with van der Waals surface area (Å²) in [6.07, 6.45) is 1.84. The van der Waals surface area contributed by atoms with Crippen LogP contribution in [0.3, 0.4) is 0 Å². The fourth-order valence-corrected chi connectivity index (χ4v) is 5.73. The van der Waals surface area contributed by atoms with E-state index < -0.39 is 0 Å². The smallest absolute Gasteiger partial charge is 0.257 e. The maximum atomic E-state index is 12.8. The van der Waals surface area contributed by atoms with E-state index in [4.69, 9.17) is 9.47 Å². The van der Waals surface area contributed by atoms with Gasteiger partial charge in [0.1, 0.15) is 23.0 Å². The number of rotatable bonds is 19. The third-order valence-corrected chi connectivity index (χ3v) is 8.55. The average molecular weight is 697 g/mol. The van der Waals surface area contributed by atoms with Crippen LogP contribution in [0.15, 0.2) is 78.9 Å². The summed E-state index contributed by atoms with van der Waals surface area (Å²) in [5, 5.41) is 28.3. The van der Waals surface area contributed by atoms with Gasteiger partial charge in [0.2, 0.25) is 0 Å². The zero-order valence-electron chi connectivity index (χ0n) is 30.5. The molecule has 272 valence electrons. The topological polar surface area (TPSA) is 124 Å². The van der Waals surface area contributed by atoms with Gasteiger partial charge in [-0.2, -0.15) is 0 Å². The summed E-state index contributed by atoms with van der Waals surface area (Å²) in [5.41, 5.74) is 5.50. The average Bonchev–Trinajstić information content (AvgIpc) is 3.10. The highest BCUT2D eigenvalue weighted by atomic mass is 16.5. The van der Waals surface area contributed by atoms with Gasteiger partial charge in [-0.05, 0) is 79.6 Å². The molecule has 0 fully saturated rings. The molecular formula is C41H52N4O6. The van der Waals surface area contributed by atoms with Crippen LogP contribution in [0.2, 0.25) is 0 Å². The van der Waals surface area contributed by atoms with Gasteiger partial charge < -0.3 is 40.1 Å². The zero-order valence-corrected chi connectivity index (χ0v) is 30.5. The first-order chi connectivity index (χ1) is 24.5. The van der Waals surface area contributed by atoms with Crippen LogP contribution in [0.5, 0.6) is 23.0 Å². The summed E-state index contributed by atoms with van der Waals surface area (Å²) in [7, 11) is 7.78. The van der Waals surface area contributed by atoms with E-state index in [1.54, 1.807) is 0 Å². The molecule has 51 heavy (non-hydrogen) atoms. The van der Waals surface area contributed by atoms with Crippen molar-refractivity contribution in [2.45, 2.75) is 32.6 Å². The van der Waals surface area contributed by atoms with Crippen molar-refractivity contribution < 1.29 is 29.3 Å². The van der Waals surface area contributed by atoms with Gasteiger partial charge >= 0.3 is 0 Å². The Labute approximate surface area is 302 Å². The van der Waals surface area contributed by atoms with E-state index in [1.165, 1.54) is 0 Å². The minimum Gasteiger partial charge on any atom is -0.507 e. The van der Waals surface area contributed by atoms with E-state index >= 15 is 0 Å². The molecule has 4 aromatic carbocycles. The molecular weight excluding hydrogens is 644 g/mol. The third-order valence-electron chi connectivity index (χ3n) is 8.55. The molecule has 0 aromatic heterocycles. The summed E-state index contributed by atoms with van der Waals surface area (Å²) in [5.74, 6) is 1.11. The van der Waals surface area contributed by atoms with Gasteiger partial charge in [-0.15, -0.1) is 0 Å². The molecule has 0 unspecified atom stereocenters. The van der Waals surface area contributed by atoms with Gasteiger partial charge in [0.15, 0.2) is 13.2 Å². The molecule has 0 bridgehead atoms. The summed E-state index contributed by atoms with van der Waals surface area (Å²) in [6, 6.07) is 24.7. The molecule has 0 saturated carbocycles. The number of benzene rings is 4. The first-order valence-corrected chi connectivity index (χ1v) is 17.4. The minimum atomic E-state index is -0.231. The Kier molecular flexibility index (Phi) is 14.7. The molecule has 10 nitrogen and oxygen atoms in total. The molecule has 0 aliphatic carbocycles. The summed E-state index contributed by atoms with van der Waals surface area (Å²) in [6.45, 7) is 4.20. The number of carbonyl (C=O) groups is 2. The summed E-state index contributed by atoms with van der Waals surface area (Å²) < 4.78 is 12.2. The molecule has 0 radical (unpaired) electrons. The number of aromatic hydroxyl groups is 2. The standard InChI is InChI=1S/C41H52N4O6/c1-6-29-13-9-14-32(39(29)48)25-34-17-11-18-35(41(34)51-28-38(47)43-21-23-45(4)5)26-33-16-10-15-31(40(33)49)24-30-12-7-8-19-36(30)50-27-37(46)42-20-22-44(2)3/h7-19,48-49H,6,20-28H2,1-5H3,(H,42,46)(H,43,47). The number of aryl methyl sites for hydroxylation is 1. The predicted octanol–water partition coefficient (Wildman–Crippen LogP) is 4.55. The number of nitrogens with zero attached hydrogens (tertiary/aromatic N) is 2. The number of carbonyl (C=O) groups excluding carboxylic acids is 2. The number of amides is 2. The van der Waals surface area contributed by atoms with Gasteiger partial charge in [-0.3, -0.25) is 9.59 Å². The van der Waals surface area contributed by atoms with Crippen molar-refractivity contribution >= 4 is 11.8 Å². The van der Waals surface area contributed by atoms with Crippen molar-refractivity contribution in [2.75, 3.05) is 67.6 Å². The number of ether oxygens (including phenoxy) is 2. The van der Waals surface area contributed by atoms with E-state index in [9.17, 15) is 19.8 Å². The van der Waals surface area contributed by atoms with Crippen LogP contribution < -0.4 is 20.1 Å². The van der Waals surface area contributed by atoms with Crippen molar-refractivity contribution in [3.8, 4) is 23.0 Å². The Balaban J connectivity index is 1.57. The molecule has 0 spiro atoms. The molecule has 0 aliphatic rings. The molecule has 10 heteroatoms. The summed E-state index contributed by atoms with van der Waals surface area (Å²) >= 11 is 0. The predicted molar refractivity (Wildman–Crippen MR) is 201 cm³/mol. The molecule has 2 amide bonds. The Morgan fingerprint density at radius 1 is 0.569 bits per heavy atom.